The van der Waals surface area contributed by atoms with Crippen molar-refractivity contribution in [3.05, 3.63) is 78.1 Å². The number of aromatic nitrogens is 3. The Labute approximate surface area is 168 Å². The van der Waals surface area contributed by atoms with Crippen molar-refractivity contribution in [1.82, 2.24) is 19.7 Å². The van der Waals surface area contributed by atoms with Crippen molar-refractivity contribution in [2.75, 3.05) is 6.54 Å². The minimum atomic E-state index is -0.242. The maximum atomic E-state index is 13.7. The summed E-state index contributed by atoms with van der Waals surface area (Å²) in [5.74, 6) is -0.397. The maximum Gasteiger partial charge on any atom is 0.269 e. The third kappa shape index (κ3) is 3.61. The molecule has 3 heterocycles. The molecule has 29 heavy (non-hydrogen) atoms. The highest BCUT2D eigenvalue weighted by Crippen LogP contribution is 2.31. The average molecular weight is 388 g/mol. The molecule has 0 saturated carbocycles. The fraction of sp³-hybridized carbons (Fsp3) is 0.174. The van der Waals surface area contributed by atoms with Gasteiger partial charge in [0.05, 0.1) is 11.9 Å². The molecule has 6 heteroatoms. The SMILES string of the molecule is CCCNC(=O)c1cnc2ccc(-c3cccnc3-c3ccc(F)c(C)c3)cn12. The largest absolute Gasteiger partial charge is 0.351 e. The molecule has 0 aliphatic rings. The van der Waals surface area contributed by atoms with Crippen molar-refractivity contribution in [1.29, 1.82) is 0 Å². The fourth-order valence-electron chi connectivity index (χ4n) is 3.30. The van der Waals surface area contributed by atoms with Gasteiger partial charge in [0.1, 0.15) is 17.2 Å². The maximum absolute atomic E-state index is 13.7. The van der Waals surface area contributed by atoms with Gasteiger partial charge in [-0.25, -0.2) is 9.37 Å². The number of benzene rings is 1. The van der Waals surface area contributed by atoms with Crippen LogP contribution in [0, 0.1) is 12.7 Å². The summed E-state index contributed by atoms with van der Waals surface area (Å²) in [6, 6.07) is 12.6. The highest BCUT2D eigenvalue weighted by Gasteiger charge is 2.14. The van der Waals surface area contributed by atoms with E-state index in [4.69, 9.17) is 0 Å². The van der Waals surface area contributed by atoms with Crippen molar-refractivity contribution < 1.29 is 9.18 Å². The van der Waals surface area contributed by atoms with Crippen molar-refractivity contribution >= 4 is 11.6 Å². The summed E-state index contributed by atoms with van der Waals surface area (Å²) in [6.07, 6.45) is 6.05. The lowest BCUT2D eigenvalue weighted by Gasteiger charge is -2.11. The van der Waals surface area contributed by atoms with Crippen molar-refractivity contribution in [2.45, 2.75) is 20.3 Å². The number of hydrogen-bond acceptors (Lipinski definition) is 3. The summed E-state index contributed by atoms with van der Waals surface area (Å²) in [4.78, 5) is 21.3. The molecule has 1 N–H and O–H groups in total. The Morgan fingerprint density at radius 2 is 1.97 bits per heavy atom. The number of halogens is 1. The molecule has 4 rings (SSSR count). The highest BCUT2D eigenvalue weighted by atomic mass is 19.1. The number of fused-ring (bicyclic) bond motifs is 1. The summed E-state index contributed by atoms with van der Waals surface area (Å²) in [5.41, 5.74) is 5.13. The van der Waals surface area contributed by atoms with Crippen LogP contribution in [-0.2, 0) is 0 Å². The zero-order valence-electron chi connectivity index (χ0n) is 16.3. The van der Waals surface area contributed by atoms with Gasteiger partial charge < -0.3 is 5.32 Å². The second-order valence-electron chi connectivity index (χ2n) is 6.91. The molecule has 0 bridgehead atoms. The predicted molar refractivity (Wildman–Crippen MR) is 111 cm³/mol. The fourth-order valence-corrected chi connectivity index (χ4v) is 3.30. The van der Waals surface area contributed by atoms with Crippen LogP contribution >= 0.6 is 0 Å². The molecule has 5 nitrogen and oxygen atoms in total. The van der Waals surface area contributed by atoms with E-state index >= 15 is 0 Å². The lowest BCUT2D eigenvalue weighted by molar-refractivity contribution is 0.0948. The Balaban J connectivity index is 1.81. The van der Waals surface area contributed by atoms with E-state index in [9.17, 15) is 9.18 Å². The molecule has 0 aliphatic carbocycles. The molecule has 1 aromatic carbocycles. The highest BCUT2D eigenvalue weighted by molar-refractivity contribution is 5.93. The van der Waals surface area contributed by atoms with Crippen LogP contribution in [0.3, 0.4) is 0 Å². The number of hydrogen-bond donors (Lipinski definition) is 1. The molecule has 0 radical (unpaired) electrons. The normalized spacial score (nSPS) is 11.0. The zero-order chi connectivity index (χ0) is 20.4. The number of amides is 1. The zero-order valence-corrected chi connectivity index (χ0v) is 16.3. The average Bonchev–Trinajstić information content (AvgIpc) is 3.17. The summed E-state index contributed by atoms with van der Waals surface area (Å²) < 4.78 is 15.5. The van der Waals surface area contributed by atoms with E-state index in [1.807, 2.05) is 37.4 Å². The summed E-state index contributed by atoms with van der Waals surface area (Å²) in [5, 5.41) is 2.89. The van der Waals surface area contributed by atoms with Gasteiger partial charge in [0.15, 0.2) is 0 Å². The number of nitrogens with one attached hydrogen (secondary N) is 1. The van der Waals surface area contributed by atoms with Crippen LogP contribution in [0.15, 0.2) is 61.1 Å². The number of nitrogens with zero attached hydrogens (tertiary/aromatic N) is 3. The van der Waals surface area contributed by atoms with E-state index < -0.39 is 0 Å². The number of pyridine rings is 2. The molecule has 0 aliphatic heterocycles. The number of carbonyl (C=O) groups is 1. The van der Waals surface area contributed by atoms with Crippen LogP contribution in [0.1, 0.15) is 29.4 Å². The van der Waals surface area contributed by atoms with Gasteiger partial charge in [0.2, 0.25) is 0 Å². The van der Waals surface area contributed by atoms with Crippen molar-refractivity contribution in [3.63, 3.8) is 0 Å². The number of aryl methyl sites for hydroxylation is 1. The van der Waals surface area contributed by atoms with Gasteiger partial charge in [-0.3, -0.25) is 14.2 Å². The van der Waals surface area contributed by atoms with Crippen molar-refractivity contribution in [3.8, 4) is 22.4 Å². The quantitative estimate of drug-likeness (QED) is 0.541. The van der Waals surface area contributed by atoms with Gasteiger partial charge in [-0.15, -0.1) is 0 Å². The Bertz CT molecular complexity index is 1200. The van der Waals surface area contributed by atoms with Gasteiger partial charge >= 0.3 is 0 Å². The van der Waals surface area contributed by atoms with Gasteiger partial charge in [0.25, 0.3) is 5.91 Å². The van der Waals surface area contributed by atoms with Crippen molar-refractivity contribution in [2.24, 2.45) is 0 Å². The van der Waals surface area contributed by atoms with Gasteiger partial charge in [-0.1, -0.05) is 13.0 Å². The molecule has 146 valence electrons. The van der Waals surface area contributed by atoms with E-state index in [1.165, 1.54) is 6.07 Å². The van der Waals surface area contributed by atoms with Crippen LogP contribution in [0.25, 0.3) is 28.0 Å². The second-order valence-corrected chi connectivity index (χ2v) is 6.91. The summed E-state index contributed by atoms with van der Waals surface area (Å²) in [6.45, 7) is 4.36. The molecule has 4 aromatic rings. The molecule has 0 atom stereocenters. The van der Waals surface area contributed by atoms with E-state index in [1.54, 1.807) is 35.9 Å². The first-order chi connectivity index (χ1) is 14.1. The van der Waals surface area contributed by atoms with Crippen LogP contribution in [0.2, 0.25) is 0 Å². The smallest absolute Gasteiger partial charge is 0.269 e. The molecular formula is C23H21FN4O. The van der Waals surface area contributed by atoms with Crippen LogP contribution in [-0.4, -0.2) is 26.8 Å². The molecular weight excluding hydrogens is 367 g/mol. The molecule has 0 unspecified atom stereocenters. The monoisotopic (exact) mass is 388 g/mol. The second kappa shape index (κ2) is 7.83. The Hall–Kier alpha value is -3.54. The van der Waals surface area contributed by atoms with Crippen LogP contribution < -0.4 is 5.32 Å². The van der Waals surface area contributed by atoms with Crippen LogP contribution in [0.4, 0.5) is 4.39 Å². The van der Waals surface area contributed by atoms with Gasteiger partial charge in [0, 0.05) is 35.6 Å². The number of carbonyl (C=O) groups excluding carboxylic acids is 1. The van der Waals surface area contributed by atoms with E-state index in [2.05, 4.69) is 15.3 Å². The number of rotatable bonds is 5. The first-order valence-electron chi connectivity index (χ1n) is 9.55. The first kappa shape index (κ1) is 18.8. The van der Waals surface area contributed by atoms with E-state index in [-0.39, 0.29) is 11.7 Å². The topological polar surface area (TPSA) is 59.3 Å². The minimum Gasteiger partial charge on any atom is -0.351 e. The van der Waals surface area contributed by atoms with Gasteiger partial charge in [-0.05, 0) is 55.3 Å². The third-order valence-corrected chi connectivity index (χ3v) is 4.82. The number of imidazole rings is 1. The first-order valence-corrected chi connectivity index (χ1v) is 9.55. The van der Waals surface area contributed by atoms with Crippen LogP contribution in [0.5, 0.6) is 0 Å². The standard InChI is InChI=1S/C23H21FN4O/c1-3-10-26-23(29)20-13-27-21-9-7-17(14-28(20)21)18-5-4-11-25-22(18)16-6-8-19(24)15(2)12-16/h4-9,11-14H,3,10H2,1-2H3,(H,26,29). The van der Waals surface area contributed by atoms with E-state index in [0.29, 0.717) is 23.4 Å². The lowest BCUT2D eigenvalue weighted by atomic mass is 9.99. The molecule has 3 aromatic heterocycles. The minimum absolute atomic E-state index is 0.155. The predicted octanol–water partition coefficient (Wildman–Crippen LogP) is 4.65. The molecule has 0 fully saturated rings. The Kier molecular flexibility index (Phi) is 5.08. The lowest BCUT2D eigenvalue weighted by Crippen LogP contribution is -2.25. The molecule has 0 spiro atoms. The van der Waals surface area contributed by atoms with Gasteiger partial charge in [-0.2, -0.15) is 0 Å². The summed E-state index contributed by atoms with van der Waals surface area (Å²) in [7, 11) is 0. The third-order valence-electron chi connectivity index (χ3n) is 4.82. The molecule has 1 amide bonds. The Morgan fingerprint density at radius 3 is 2.76 bits per heavy atom. The Morgan fingerprint density at radius 1 is 1.14 bits per heavy atom. The summed E-state index contributed by atoms with van der Waals surface area (Å²) >= 11 is 0. The molecule has 0 saturated heterocycles. The van der Waals surface area contributed by atoms with E-state index in [0.717, 1.165) is 28.8 Å².